The molecule has 0 aliphatic heterocycles. The predicted molar refractivity (Wildman–Crippen MR) is 52.2 cm³/mol. The Morgan fingerprint density at radius 2 is 1.42 bits per heavy atom. The van der Waals surface area contributed by atoms with E-state index < -0.39 is 0 Å². The molecule has 0 spiro atoms. The summed E-state index contributed by atoms with van der Waals surface area (Å²) in [7, 11) is 0. The van der Waals surface area contributed by atoms with Crippen LogP contribution in [0.25, 0.3) is 0 Å². The Bertz CT molecular complexity index is 248. The molecule has 0 saturated heterocycles. The molecular formula is C9H13ClN2. The minimum absolute atomic E-state index is 0. The van der Waals surface area contributed by atoms with Gasteiger partial charge in [-0.1, -0.05) is 24.3 Å². The highest BCUT2D eigenvalue weighted by molar-refractivity contribution is 5.85. The van der Waals surface area contributed by atoms with E-state index in [1.807, 2.05) is 12.1 Å². The molecule has 2 nitrogen and oxygen atoms in total. The summed E-state index contributed by atoms with van der Waals surface area (Å²) in [4.78, 5) is 0. The average molecular weight is 185 g/mol. The third kappa shape index (κ3) is 1.33. The van der Waals surface area contributed by atoms with Gasteiger partial charge >= 0.3 is 0 Å². The summed E-state index contributed by atoms with van der Waals surface area (Å²) in [6.45, 7) is 0. The van der Waals surface area contributed by atoms with Crippen molar-refractivity contribution in [3.05, 3.63) is 35.4 Å². The fraction of sp³-hybridized carbons (Fsp3) is 0.333. The highest BCUT2D eigenvalue weighted by Gasteiger charge is 2.24. The summed E-state index contributed by atoms with van der Waals surface area (Å²) in [5.74, 6) is 0. The number of fused-ring (bicyclic) bond motifs is 1. The lowest BCUT2D eigenvalue weighted by Crippen LogP contribution is -2.08. The summed E-state index contributed by atoms with van der Waals surface area (Å²) < 4.78 is 0. The molecule has 1 aliphatic rings. The molecule has 1 aliphatic carbocycles. The van der Waals surface area contributed by atoms with Crippen LogP contribution in [0.3, 0.4) is 0 Å². The lowest BCUT2D eigenvalue weighted by atomic mass is 10.1. The van der Waals surface area contributed by atoms with Gasteiger partial charge in [-0.25, -0.2) is 0 Å². The Hall–Kier alpha value is -0.570. The largest absolute Gasteiger partial charge is 0.324 e. The van der Waals surface area contributed by atoms with Gasteiger partial charge in [-0.15, -0.1) is 12.4 Å². The normalized spacial score (nSPS) is 26.2. The average Bonchev–Trinajstić information content (AvgIpc) is 2.30. The van der Waals surface area contributed by atoms with E-state index in [-0.39, 0.29) is 24.5 Å². The molecule has 12 heavy (non-hydrogen) atoms. The Labute approximate surface area is 78.4 Å². The number of hydrogen-bond donors (Lipinski definition) is 2. The monoisotopic (exact) mass is 184 g/mol. The molecule has 2 atom stereocenters. The lowest BCUT2D eigenvalue weighted by molar-refractivity contribution is 0.621. The second-order valence-electron chi connectivity index (χ2n) is 3.08. The zero-order valence-corrected chi connectivity index (χ0v) is 7.55. The molecule has 0 amide bonds. The van der Waals surface area contributed by atoms with Gasteiger partial charge in [-0.05, 0) is 17.5 Å². The van der Waals surface area contributed by atoms with Gasteiger partial charge in [0.2, 0.25) is 0 Å². The third-order valence-corrected chi connectivity index (χ3v) is 2.30. The van der Waals surface area contributed by atoms with Crippen LogP contribution >= 0.6 is 12.4 Å². The summed E-state index contributed by atoms with van der Waals surface area (Å²) in [5.41, 5.74) is 14.2. The maximum Gasteiger partial charge on any atom is 0.0316 e. The molecule has 0 fully saturated rings. The van der Waals surface area contributed by atoms with Gasteiger partial charge in [0.25, 0.3) is 0 Å². The van der Waals surface area contributed by atoms with E-state index in [4.69, 9.17) is 11.5 Å². The van der Waals surface area contributed by atoms with Crippen molar-refractivity contribution in [3.63, 3.8) is 0 Å². The van der Waals surface area contributed by atoms with Crippen molar-refractivity contribution >= 4 is 12.4 Å². The highest BCUT2D eigenvalue weighted by Crippen LogP contribution is 2.34. The number of halogens is 1. The number of benzene rings is 1. The molecule has 0 heterocycles. The van der Waals surface area contributed by atoms with Crippen molar-refractivity contribution in [1.82, 2.24) is 0 Å². The minimum atomic E-state index is 0. The van der Waals surface area contributed by atoms with Crippen molar-refractivity contribution < 1.29 is 0 Å². The van der Waals surface area contributed by atoms with E-state index >= 15 is 0 Å². The lowest BCUT2D eigenvalue weighted by Gasteiger charge is -2.01. The van der Waals surface area contributed by atoms with Crippen molar-refractivity contribution in [2.24, 2.45) is 11.5 Å². The van der Waals surface area contributed by atoms with Crippen molar-refractivity contribution in [3.8, 4) is 0 Å². The van der Waals surface area contributed by atoms with Crippen LogP contribution in [-0.2, 0) is 0 Å². The van der Waals surface area contributed by atoms with Gasteiger partial charge in [0.1, 0.15) is 0 Å². The quantitative estimate of drug-likeness (QED) is 0.642. The first-order chi connectivity index (χ1) is 5.29. The Morgan fingerprint density at radius 3 is 1.83 bits per heavy atom. The van der Waals surface area contributed by atoms with Crippen LogP contribution in [0.4, 0.5) is 0 Å². The van der Waals surface area contributed by atoms with Crippen LogP contribution in [-0.4, -0.2) is 0 Å². The van der Waals surface area contributed by atoms with Crippen LogP contribution in [0.15, 0.2) is 24.3 Å². The summed E-state index contributed by atoms with van der Waals surface area (Å²) in [6.07, 6.45) is 0.888. The van der Waals surface area contributed by atoms with Crippen molar-refractivity contribution in [2.75, 3.05) is 0 Å². The van der Waals surface area contributed by atoms with Gasteiger partial charge < -0.3 is 11.5 Å². The van der Waals surface area contributed by atoms with Gasteiger partial charge in [0, 0.05) is 12.1 Å². The second-order valence-corrected chi connectivity index (χ2v) is 3.08. The Morgan fingerprint density at radius 1 is 1.00 bits per heavy atom. The number of hydrogen-bond acceptors (Lipinski definition) is 2. The topological polar surface area (TPSA) is 52.0 Å². The zero-order valence-electron chi connectivity index (χ0n) is 6.73. The van der Waals surface area contributed by atoms with E-state index in [0.29, 0.717) is 0 Å². The van der Waals surface area contributed by atoms with Gasteiger partial charge in [-0.3, -0.25) is 0 Å². The Kier molecular flexibility index (Phi) is 2.73. The summed E-state index contributed by atoms with van der Waals surface area (Å²) in [6, 6.07) is 8.45. The molecule has 0 unspecified atom stereocenters. The number of rotatable bonds is 0. The van der Waals surface area contributed by atoms with Gasteiger partial charge in [0.15, 0.2) is 0 Å². The SMILES string of the molecule is Cl.N[C@H]1C[C@H](N)c2ccccc21. The van der Waals surface area contributed by atoms with Gasteiger partial charge in [0.05, 0.1) is 0 Å². The van der Waals surface area contributed by atoms with E-state index in [1.54, 1.807) is 0 Å². The zero-order chi connectivity index (χ0) is 7.84. The first-order valence-electron chi connectivity index (χ1n) is 3.89. The van der Waals surface area contributed by atoms with Crippen LogP contribution < -0.4 is 11.5 Å². The molecule has 0 saturated carbocycles. The molecule has 0 bridgehead atoms. The van der Waals surface area contributed by atoms with Gasteiger partial charge in [-0.2, -0.15) is 0 Å². The fourth-order valence-corrected chi connectivity index (χ4v) is 1.71. The molecule has 1 aromatic carbocycles. The standard InChI is InChI=1S/C9H12N2.ClH/c10-8-5-9(11)7-4-2-1-3-6(7)8;/h1-4,8-9H,5,10-11H2;1H/t8-,9-;/m0./s1. The first-order valence-corrected chi connectivity index (χ1v) is 3.89. The molecule has 4 N–H and O–H groups in total. The molecule has 3 heteroatoms. The van der Waals surface area contributed by atoms with Crippen LogP contribution in [0, 0.1) is 0 Å². The van der Waals surface area contributed by atoms with E-state index in [1.165, 1.54) is 11.1 Å². The van der Waals surface area contributed by atoms with E-state index in [2.05, 4.69) is 12.1 Å². The first kappa shape index (κ1) is 9.52. The predicted octanol–water partition coefficient (Wildman–Crippen LogP) is 1.51. The van der Waals surface area contributed by atoms with Crippen molar-refractivity contribution in [1.29, 1.82) is 0 Å². The third-order valence-electron chi connectivity index (χ3n) is 2.30. The minimum Gasteiger partial charge on any atom is -0.324 e. The summed E-state index contributed by atoms with van der Waals surface area (Å²) >= 11 is 0. The molecule has 1 aromatic rings. The van der Waals surface area contributed by atoms with Crippen LogP contribution in [0.2, 0.25) is 0 Å². The number of nitrogens with two attached hydrogens (primary N) is 2. The second kappa shape index (κ2) is 3.44. The summed E-state index contributed by atoms with van der Waals surface area (Å²) in [5, 5.41) is 0. The molecular weight excluding hydrogens is 172 g/mol. The maximum absolute atomic E-state index is 5.86. The molecule has 0 radical (unpaired) electrons. The van der Waals surface area contributed by atoms with E-state index in [9.17, 15) is 0 Å². The Balaban J connectivity index is 0.000000720. The van der Waals surface area contributed by atoms with Crippen LogP contribution in [0.5, 0.6) is 0 Å². The van der Waals surface area contributed by atoms with Crippen LogP contribution in [0.1, 0.15) is 29.6 Å². The molecule has 2 rings (SSSR count). The maximum atomic E-state index is 5.86. The van der Waals surface area contributed by atoms with E-state index in [0.717, 1.165) is 6.42 Å². The molecule has 0 aromatic heterocycles. The fourth-order valence-electron chi connectivity index (χ4n) is 1.71. The molecule has 66 valence electrons. The van der Waals surface area contributed by atoms with Crippen molar-refractivity contribution in [2.45, 2.75) is 18.5 Å². The smallest absolute Gasteiger partial charge is 0.0316 e. The highest BCUT2D eigenvalue weighted by atomic mass is 35.5.